The van der Waals surface area contributed by atoms with E-state index in [-0.39, 0.29) is 5.91 Å². The molecule has 25 heavy (non-hydrogen) atoms. The van der Waals surface area contributed by atoms with Crippen molar-refractivity contribution in [2.45, 2.75) is 6.42 Å². The predicted molar refractivity (Wildman–Crippen MR) is 101 cm³/mol. The fraction of sp³-hybridized carbons (Fsp3) is 0.143. The second-order valence-electron chi connectivity index (χ2n) is 6.13. The summed E-state index contributed by atoms with van der Waals surface area (Å²) in [5.74, 6) is -0.0427. The van der Waals surface area contributed by atoms with Gasteiger partial charge in [0.05, 0.1) is 11.9 Å². The van der Waals surface area contributed by atoms with Gasteiger partial charge >= 0.3 is 0 Å². The number of hydrogen-bond donors (Lipinski definition) is 0. The van der Waals surface area contributed by atoms with Crippen molar-refractivity contribution in [3.05, 3.63) is 84.2 Å². The van der Waals surface area contributed by atoms with Gasteiger partial charge in [-0.2, -0.15) is 0 Å². The first kappa shape index (κ1) is 15.4. The number of pyridine rings is 1. The highest BCUT2D eigenvalue weighted by molar-refractivity contribution is 6.06. The number of fused-ring (bicyclic) bond motifs is 1. The Morgan fingerprint density at radius 2 is 1.72 bits per heavy atom. The van der Waals surface area contributed by atoms with Gasteiger partial charge in [-0.05, 0) is 42.3 Å². The van der Waals surface area contributed by atoms with Crippen molar-refractivity contribution in [1.29, 1.82) is 0 Å². The average Bonchev–Trinajstić information content (AvgIpc) is 3.12. The highest BCUT2D eigenvalue weighted by atomic mass is 16.2. The number of benzene rings is 2. The molecule has 4 rings (SSSR count). The number of aromatic nitrogens is 1. The molecule has 1 aromatic heterocycles. The van der Waals surface area contributed by atoms with Crippen LogP contribution in [0.3, 0.4) is 0 Å². The molecular formula is C21H19N3O. The molecule has 0 spiro atoms. The van der Waals surface area contributed by atoms with E-state index >= 15 is 0 Å². The molecule has 0 N–H and O–H groups in total. The maximum Gasteiger partial charge on any atom is 0.276 e. The van der Waals surface area contributed by atoms with Crippen LogP contribution in [-0.2, 0) is 6.42 Å². The number of nitrogens with zero attached hydrogens (tertiary/aromatic N) is 3. The summed E-state index contributed by atoms with van der Waals surface area (Å²) in [4.78, 5) is 21.1. The Hall–Kier alpha value is -3.14. The van der Waals surface area contributed by atoms with Crippen LogP contribution < -0.4 is 9.80 Å². The number of para-hydroxylation sites is 2. The Kier molecular flexibility index (Phi) is 3.94. The first-order chi connectivity index (χ1) is 12.2. The molecule has 1 aliphatic rings. The smallest absolute Gasteiger partial charge is 0.276 e. The van der Waals surface area contributed by atoms with E-state index in [9.17, 15) is 4.79 Å². The van der Waals surface area contributed by atoms with E-state index in [1.807, 2.05) is 71.4 Å². The van der Waals surface area contributed by atoms with Crippen LogP contribution in [0.25, 0.3) is 0 Å². The second kappa shape index (κ2) is 6.40. The summed E-state index contributed by atoms with van der Waals surface area (Å²) in [6.07, 6.45) is 2.65. The molecule has 2 heterocycles. The van der Waals surface area contributed by atoms with E-state index in [0.717, 1.165) is 23.5 Å². The molecule has 0 saturated carbocycles. The zero-order chi connectivity index (χ0) is 17.2. The van der Waals surface area contributed by atoms with Gasteiger partial charge in [-0.1, -0.05) is 36.4 Å². The summed E-state index contributed by atoms with van der Waals surface area (Å²) < 4.78 is 0. The summed E-state index contributed by atoms with van der Waals surface area (Å²) in [6, 6.07) is 21.9. The number of amides is 1. The van der Waals surface area contributed by atoms with Crippen LogP contribution in [0, 0.1) is 0 Å². The lowest BCUT2D eigenvalue weighted by atomic mass is 10.2. The summed E-state index contributed by atoms with van der Waals surface area (Å²) in [7, 11) is 1.99. The molecule has 1 amide bonds. The second-order valence-corrected chi connectivity index (χ2v) is 6.13. The van der Waals surface area contributed by atoms with Gasteiger partial charge in [0.1, 0.15) is 5.69 Å². The van der Waals surface area contributed by atoms with Crippen molar-refractivity contribution in [2.75, 3.05) is 23.4 Å². The van der Waals surface area contributed by atoms with Crippen LogP contribution in [0.2, 0.25) is 0 Å². The molecule has 0 saturated heterocycles. The maximum absolute atomic E-state index is 12.8. The predicted octanol–water partition coefficient (Wildman–Crippen LogP) is 4.05. The van der Waals surface area contributed by atoms with Gasteiger partial charge < -0.3 is 9.80 Å². The van der Waals surface area contributed by atoms with Crippen LogP contribution in [0.5, 0.6) is 0 Å². The normalized spacial score (nSPS) is 12.8. The first-order valence-corrected chi connectivity index (χ1v) is 8.38. The molecule has 4 nitrogen and oxygen atoms in total. The minimum atomic E-state index is -0.0427. The van der Waals surface area contributed by atoms with Crippen LogP contribution in [0.4, 0.5) is 17.1 Å². The molecule has 1 aliphatic heterocycles. The monoisotopic (exact) mass is 329 g/mol. The lowest BCUT2D eigenvalue weighted by molar-refractivity contribution is 0.0984. The SMILES string of the molecule is CN(c1ccccc1)c1ccc(C(=O)N2CCc3ccccc32)nc1. The molecule has 0 aliphatic carbocycles. The quantitative estimate of drug-likeness (QED) is 0.727. The molecule has 0 unspecified atom stereocenters. The Labute approximate surface area is 147 Å². The van der Waals surface area contributed by atoms with E-state index in [2.05, 4.69) is 11.1 Å². The summed E-state index contributed by atoms with van der Waals surface area (Å²) in [6.45, 7) is 0.714. The molecule has 2 aromatic carbocycles. The Balaban J connectivity index is 1.56. The zero-order valence-electron chi connectivity index (χ0n) is 14.1. The number of anilines is 3. The fourth-order valence-corrected chi connectivity index (χ4v) is 3.20. The topological polar surface area (TPSA) is 36.4 Å². The molecule has 124 valence electrons. The summed E-state index contributed by atoms with van der Waals surface area (Å²) in [5, 5.41) is 0. The average molecular weight is 329 g/mol. The Bertz CT molecular complexity index is 891. The molecule has 4 heteroatoms. The van der Waals surface area contributed by atoms with Gasteiger partial charge in [0.15, 0.2) is 0 Å². The third-order valence-corrected chi connectivity index (χ3v) is 4.63. The lowest BCUT2D eigenvalue weighted by Gasteiger charge is -2.20. The summed E-state index contributed by atoms with van der Waals surface area (Å²) >= 11 is 0. The van der Waals surface area contributed by atoms with Gasteiger partial charge in [0.2, 0.25) is 0 Å². The van der Waals surface area contributed by atoms with E-state index in [4.69, 9.17) is 0 Å². The minimum absolute atomic E-state index is 0.0427. The van der Waals surface area contributed by atoms with E-state index < -0.39 is 0 Å². The summed E-state index contributed by atoms with van der Waals surface area (Å²) in [5.41, 5.74) is 4.72. The highest BCUT2D eigenvalue weighted by Crippen LogP contribution is 2.29. The minimum Gasteiger partial charge on any atom is -0.343 e. The Morgan fingerprint density at radius 1 is 0.960 bits per heavy atom. The van der Waals surface area contributed by atoms with Gasteiger partial charge in [0.25, 0.3) is 5.91 Å². The first-order valence-electron chi connectivity index (χ1n) is 8.38. The molecule has 0 fully saturated rings. The molecule has 3 aromatic rings. The van der Waals surface area contributed by atoms with Crippen LogP contribution in [0.1, 0.15) is 16.1 Å². The molecular weight excluding hydrogens is 310 g/mol. The standard InChI is InChI=1S/C21H19N3O/c1-23(17-8-3-2-4-9-17)18-11-12-19(22-15-18)21(25)24-14-13-16-7-5-6-10-20(16)24/h2-12,15H,13-14H2,1H3. The number of carbonyl (C=O) groups excluding carboxylic acids is 1. The van der Waals surface area contributed by atoms with E-state index in [1.165, 1.54) is 5.56 Å². The number of rotatable bonds is 3. The van der Waals surface area contributed by atoms with Gasteiger partial charge in [-0.3, -0.25) is 4.79 Å². The number of carbonyl (C=O) groups is 1. The maximum atomic E-state index is 12.8. The molecule has 0 atom stereocenters. The van der Waals surface area contributed by atoms with Crippen LogP contribution in [-0.4, -0.2) is 24.5 Å². The fourth-order valence-electron chi connectivity index (χ4n) is 3.20. The number of hydrogen-bond acceptors (Lipinski definition) is 3. The zero-order valence-corrected chi connectivity index (χ0v) is 14.1. The largest absolute Gasteiger partial charge is 0.343 e. The van der Waals surface area contributed by atoms with Crippen molar-refractivity contribution in [2.24, 2.45) is 0 Å². The third kappa shape index (κ3) is 2.87. The van der Waals surface area contributed by atoms with Crippen molar-refractivity contribution in [3.8, 4) is 0 Å². The van der Waals surface area contributed by atoms with Crippen LogP contribution in [0.15, 0.2) is 72.9 Å². The van der Waals surface area contributed by atoms with E-state index in [1.54, 1.807) is 12.3 Å². The van der Waals surface area contributed by atoms with Crippen molar-refractivity contribution in [3.63, 3.8) is 0 Å². The third-order valence-electron chi connectivity index (χ3n) is 4.63. The van der Waals surface area contributed by atoms with Crippen LogP contribution >= 0.6 is 0 Å². The van der Waals surface area contributed by atoms with Gasteiger partial charge in [0, 0.05) is 25.0 Å². The van der Waals surface area contributed by atoms with Gasteiger partial charge in [-0.15, -0.1) is 0 Å². The lowest BCUT2D eigenvalue weighted by Crippen LogP contribution is -2.29. The van der Waals surface area contributed by atoms with Gasteiger partial charge in [-0.25, -0.2) is 4.98 Å². The highest BCUT2D eigenvalue weighted by Gasteiger charge is 2.25. The van der Waals surface area contributed by atoms with Crippen molar-refractivity contribution < 1.29 is 4.79 Å². The molecule has 0 radical (unpaired) electrons. The van der Waals surface area contributed by atoms with E-state index in [0.29, 0.717) is 12.2 Å². The molecule has 0 bridgehead atoms. The van der Waals surface area contributed by atoms with Crippen molar-refractivity contribution >= 4 is 23.0 Å². The van der Waals surface area contributed by atoms with Crippen molar-refractivity contribution in [1.82, 2.24) is 4.98 Å². The Morgan fingerprint density at radius 3 is 2.48 bits per heavy atom.